The first kappa shape index (κ1) is 10.1. The molecule has 32 valence electrons. The monoisotopic (exact) mass is 118 g/mol. The fraction of sp³-hybridized carbons (Fsp3) is 1.00. The van der Waals surface area contributed by atoms with E-state index < -0.39 is 11.4 Å². The van der Waals surface area contributed by atoms with Crippen molar-refractivity contribution in [2.24, 2.45) is 0 Å². The summed E-state index contributed by atoms with van der Waals surface area (Å²) in [5, 5.41) is 0. The van der Waals surface area contributed by atoms with Gasteiger partial charge in [0.05, 0.1) is 18.5 Å². The van der Waals surface area contributed by atoms with Crippen LogP contribution in [0.2, 0.25) is 0 Å². The van der Waals surface area contributed by atoms with Gasteiger partial charge in [-0.1, -0.05) is 0 Å². The Labute approximate surface area is 60.9 Å². The van der Waals surface area contributed by atoms with E-state index in [-0.39, 0.29) is 29.6 Å². The van der Waals surface area contributed by atoms with E-state index in [0.29, 0.717) is 0 Å². The molecular weight excluding hydrogens is 115 g/mol. The van der Waals surface area contributed by atoms with Gasteiger partial charge in [-0.2, -0.15) is 0 Å². The maximum absolute atomic E-state index is 9.15. The molecule has 0 saturated carbocycles. The molecule has 1 atom stereocenters. The van der Waals surface area contributed by atoms with E-state index in [0.717, 1.165) is 7.11 Å². The van der Waals surface area contributed by atoms with Gasteiger partial charge >= 0.3 is 29.6 Å². The second kappa shape index (κ2) is 6.07. The van der Waals surface area contributed by atoms with E-state index in [1.165, 1.54) is 0 Å². The Kier molecular flexibility index (Phi) is 10.3. The van der Waals surface area contributed by atoms with Crippen molar-refractivity contribution in [3.8, 4) is 0 Å². The van der Waals surface area contributed by atoms with Crippen molar-refractivity contribution in [2.45, 2.75) is 0 Å². The molecule has 0 amide bonds. The van der Waals surface area contributed by atoms with E-state index in [9.17, 15) is 0 Å². The fourth-order valence-electron chi connectivity index (χ4n) is 0. The molecule has 0 aromatic carbocycles. The summed E-state index contributed by atoms with van der Waals surface area (Å²) in [5.41, 5.74) is 0. The maximum atomic E-state index is 9.15. The molecule has 0 rings (SSSR count). The van der Waals surface area contributed by atoms with Crippen LogP contribution in [0.25, 0.3) is 0 Å². The third-order valence-corrected chi connectivity index (χ3v) is 0.408. The second-order valence-electron chi connectivity index (χ2n) is 0.371. The van der Waals surface area contributed by atoms with Crippen LogP contribution < -0.4 is 29.6 Å². The summed E-state index contributed by atoms with van der Waals surface area (Å²) in [6, 6.07) is 0. The molecular formula is CH3NaO3S. The smallest absolute Gasteiger partial charge is 0.750 e. The summed E-state index contributed by atoms with van der Waals surface area (Å²) in [6.45, 7) is 0. The predicted molar refractivity (Wildman–Crippen MR) is 15.9 cm³/mol. The molecule has 0 spiro atoms. The van der Waals surface area contributed by atoms with Crippen LogP contribution in [0.5, 0.6) is 0 Å². The zero-order valence-electron chi connectivity index (χ0n) is 3.63. The van der Waals surface area contributed by atoms with Gasteiger partial charge in [0.2, 0.25) is 0 Å². The Morgan fingerprint density at radius 2 is 2.00 bits per heavy atom. The van der Waals surface area contributed by atoms with Crippen molar-refractivity contribution in [3.05, 3.63) is 0 Å². The minimum atomic E-state index is -2.32. The molecule has 0 saturated heterocycles. The average molecular weight is 118 g/mol. The Hall–Kier alpha value is 1.07. The van der Waals surface area contributed by atoms with Crippen molar-refractivity contribution in [2.75, 3.05) is 7.11 Å². The minimum absolute atomic E-state index is 0. The van der Waals surface area contributed by atoms with E-state index in [1.807, 2.05) is 0 Å². The quantitative estimate of drug-likeness (QED) is 0.264. The van der Waals surface area contributed by atoms with Crippen molar-refractivity contribution in [3.63, 3.8) is 0 Å². The first-order chi connectivity index (χ1) is 2.27. The molecule has 0 heterocycles. The summed E-state index contributed by atoms with van der Waals surface area (Å²) in [7, 11) is 1.09. The summed E-state index contributed by atoms with van der Waals surface area (Å²) < 4.78 is 22.0. The zero-order chi connectivity index (χ0) is 4.28. The van der Waals surface area contributed by atoms with Gasteiger partial charge in [0, 0.05) is 0 Å². The SMILES string of the molecule is COS(=O)[O-].[Na+]. The Balaban J connectivity index is 0. The summed E-state index contributed by atoms with van der Waals surface area (Å²) in [4.78, 5) is 0. The van der Waals surface area contributed by atoms with Crippen LogP contribution in [0.1, 0.15) is 0 Å². The molecule has 6 heavy (non-hydrogen) atoms. The molecule has 1 unspecified atom stereocenters. The van der Waals surface area contributed by atoms with Gasteiger partial charge in [0.15, 0.2) is 0 Å². The van der Waals surface area contributed by atoms with Crippen LogP contribution in [0, 0.1) is 0 Å². The van der Waals surface area contributed by atoms with Crippen LogP contribution in [0.15, 0.2) is 0 Å². The molecule has 3 nitrogen and oxygen atoms in total. The summed E-state index contributed by atoms with van der Waals surface area (Å²) in [6.07, 6.45) is 0. The third-order valence-electron chi connectivity index (χ3n) is 0.136. The van der Waals surface area contributed by atoms with Gasteiger partial charge in [-0.25, -0.2) is 4.21 Å². The second-order valence-corrected chi connectivity index (χ2v) is 1.11. The maximum Gasteiger partial charge on any atom is 1.00 e. The Morgan fingerprint density at radius 1 is 1.83 bits per heavy atom. The van der Waals surface area contributed by atoms with Crippen molar-refractivity contribution < 1.29 is 42.5 Å². The van der Waals surface area contributed by atoms with Crippen molar-refractivity contribution >= 4 is 11.4 Å². The average Bonchev–Trinajstić information content (AvgIpc) is 1.38. The van der Waals surface area contributed by atoms with Gasteiger partial charge in [0.1, 0.15) is 0 Å². The molecule has 0 radical (unpaired) electrons. The van der Waals surface area contributed by atoms with E-state index >= 15 is 0 Å². The van der Waals surface area contributed by atoms with Gasteiger partial charge < -0.3 is 8.74 Å². The molecule has 0 aromatic rings. The van der Waals surface area contributed by atoms with Gasteiger partial charge in [0.25, 0.3) is 0 Å². The molecule has 0 fully saturated rings. The fourth-order valence-corrected chi connectivity index (χ4v) is 0. The van der Waals surface area contributed by atoms with Crippen LogP contribution in [0.4, 0.5) is 0 Å². The normalized spacial score (nSPS) is 12.3. The standard InChI is InChI=1S/CH4O3S.Na/c1-4-5(2)3;/h1H3,(H,2,3);/q;+1/p-1. The summed E-state index contributed by atoms with van der Waals surface area (Å²) >= 11 is -2.32. The van der Waals surface area contributed by atoms with Crippen LogP contribution >= 0.6 is 0 Å². The first-order valence-electron chi connectivity index (χ1n) is 0.908. The third kappa shape index (κ3) is 8.91. The predicted octanol–water partition coefficient (Wildman–Crippen LogP) is -3.57. The van der Waals surface area contributed by atoms with Gasteiger partial charge in [-0.15, -0.1) is 0 Å². The molecule has 0 aliphatic heterocycles. The largest absolute Gasteiger partial charge is 1.00 e. The molecule has 0 aliphatic carbocycles. The first-order valence-corrected chi connectivity index (χ1v) is 1.91. The topological polar surface area (TPSA) is 49.4 Å². The minimum Gasteiger partial charge on any atom is -0.750 e. The number of hydrogen-bond acceptors (Lipinski definition) is 3. The molecule has 0 N–H and O–H groups in total. The zero-order valence-corrected chi connectivity index (χ0v) is 6.45. The van der Waals surface area contributed by atoms with Gasteiger partial charge in [-0.05, 0) is 0 Å². The molecule has 5 heteroatoms. The van der Waals surface area contributed by atoms with Crippen LogP contribution in [-0.2, 0) is 15.5 Å². The van der Waals surface area contributed by atoms with Crippen molar-refractivity contribution in [1.29, 1.82) is 0 Å². The number of rotatable bonds is 1. The van der Waals surface area contributed by atoms with Crippen molar-refractivity contribution in [1.82, 2.24) is 0 Å². The van der Waals surface area contributed by atoms with Crippen LogP contribution in [0.3, 0.4) is 0 Å². The van der Waals surface area contributed by atoms with E-state index in [2.05, 4.69) is 4.18 Å². The van der Waals surface area contributed by atoms with Crippen LogP contribution in [-0.4, -0.2) is 15.9 Å². The number of hydrogen-bond donors (Lipinski definition) is 0. The Morgan fingerprint density at radius 3 is 2.00 bits per heavy atom. The Bertz CT molecular complexity index is 46.1. The van der Waals surface area contributed by atoms with E-state index in [1.54, 1.807) is 0 Å². The molecule has 0 aromatic heterocycles. The van der Waals surface area contributed by atoms with Gasteiger partial charge in [-0.3, -0.25) is 0 Å². The van der Waals surface area contributed by atoms with E-state index in [4.69, 9.17) is 8.76 Å². The molecule has 0 aliphatic rings. The summed E-state index contributed by atoms with van der Waals surface area (Å²) in [5.74, 6) is 0. The molecule has 0 bridgehead atoms.